The van der Waals surface area contributed by atoms with Gasteiger partial charge in [0, 0.05) is 23.7 Å². The van der Waals surface area contributed by atoms with Crippen LogP contribution in [0.25, 0.3) is 0 Å². The van der Waals surface area contributed by atoms with Crippen LogP contribution in [0.5, 0.6) is 0 Å². The van der Waals surface area contributed by atoms with Crippen LogP contribution in [0.15, 0.2) is 36.4 Å². The third-order valence-electron chi connectivity index (χ3n) is 3.97. The van der Waals surface area contributed by atoms with E-state index in [1.54, 1.807) is 36.4 Å². The fourth-order valence-corrected chi connectivity index (χ4v) is 3.04. The van der Waals surface area contributed by atoms with Gasteiger partial charge >= 0.3 is 0 Å². The fourth-order valence-electron chi connectivity index (χ4n) is 2.60. The molecule has 7 heteroatoms. The normalized spacial score (nSPS) is 13.2. The van der Waals surface area contributed by atoms with Gasteiger partial charge in [0.2, 0.25) is 5.91 Å². The number of carbonyl (C=O) groups excluding carboxylic acids is 3. The number of halogens is 2. The molecule has 2 aromatic carbocycles. The Labute approximate surface area is 154 Å². The van der Waals surface area contributed by atoms with Crippen molar-refractivity contribution in [2.45, 2.75) is 13.3 Å². The number of amides is 3. The lowest BCUT2D eigenvalue weighted by molar-refractivity contribution is -0.116. The highest BCUT2D eigenvalue weighted by Gasteiger charge is 2.37. The first-order valence-electron chi connectivity index (χ1n) is 7.59. The molecular formula is C18H14Cl2N2O3. The smallest absolute Gasteiger partial charge is 0.263 e. The number of anilines is 1. The number of carbonyl (C=O) groups is 3. The molecule has 128 valence electrons. The van der Waals surface area contributed by atoms with E-state index >= 15 is 0 Å². The van der Waals surface area contributed by atoms with Crippen LogP contribution in [-0.4, -0.2) is 29.2 Å². The fraction of sp³-hybridized carbons (Fsp3) is 0.167. The Balaban J connectivity index is 1.65. The summed E-state index contributed by atoms with van der Waals surface area (Å²) in [5.74, 6) is -1.23. The Morgan fingerprint density at radius 2 is 1.84 bits per heavy atom. The van der Waals surface area contributed by atoms with Gasteiger partial charge in [-0.25, -0.2) is 0 Å². The van der Waals surface area contributed by atoms with Crippen LogP contribution in [0.3, 0.4) is 0 Å². The van der Waals surface area contributed by atoms with E-state index < -0.39 is 11.8 Å². The highest BCUT2D eigenvalue weighted by atomic mass is 35.5. The molecule has 3 amide bonds. The Bertz CT molecular complexity index is 896. The van der Waals surface area contributed by atoms with Crippen molar-refractivity contribution in [2.24, 2.45) is 0 Å². The number of rotatable bonds is 4. The van der Waals surface area contributed by atoms with E-state index in [9.17, 15) is 14.4 Å². The second-order valence-corrected chi connectivity index (χ2v) is 6.50. The molecule has 0 unspecified atom stereocenters. The van der Waals surface area contributed by atoms with E-state index in [0.717, 1.165) is 10.5 Å². The van der Waals surface area contributed by atoms with Crippen LogP contribution in [0.2, 0.25) is 10.0 Å². The standard InChI is InChI=1S/C18H14Cl2N2O3/c1-10-5-6-11(9-14(10)20)21-15(23)7-8-22-17(24)12-3-2-4-13(19)16(12)18(22)25/h2-6,9H,7-8H2,1H3,(H,21,23). The molecule has 3 rings (SSSR count). The van der Waals surface area contributed by atoms with Gasteiger partial charge in [-0.2, -0.15) is 0 Å². The van der Waals surface area contributed by atoms with Crippen LogP contribution >= 0.6 is 23.2 Å². The van der Waals surface area contributed by atoms with Crippen molar-refractivity contribution in [2.75, 3.05) is 11.9 Å². The van der Waals surface area contributed by atoms with Crippen molar-refractivity contribution >= 4 is 46.6 Å². The summed E-state index contributed by atoms with van der Waals surface area (Å²) in [6, 6.07) is 9.91. The summed E-state index contributed by atoms with van der Waals surface area (Å²) in [7, 11) is 0. The maximum atomic E-state index is 12.4. The number of nitrogens with zero attached hydrogens (tertiary/aromatic N) is 1. The number of benzene rings is 2. The minimum Gasteiger partial charge on any atom is -0.326 e. The zero-order valence-electron chi connectivity index (χ0n) is 13.3. The summed E-state index contributed by atoms with van der Waals surface area (Å²) < 4.78 is 0. The third kappa shape index (κ3) is 3.38. The summed E-state index contributed by atoms with van der Waals surface area (Å²) in [5, 5.41) is 3.48. The summed E-state index contributed by atoms with van der Waals surface area (Å²) in [4.78, 5) is 37.8. The topological polar surface area (TPSA) is 66.5 Å². The first-order valence-corrected chi connectivity index (χ1v) is 8.35. The number of aryl methyl sites for hydroxylation is 1. The Morgan fingerprint density at radius 3 is 2.52 bits per heavy atom. The molecule has 0 aliphatic carbocycles. The van der Waals surface area contributed by atoms with Crippen molar-refractivity contribution in [3.63, 3.8) is 0 Å². The lowest BCUT2D eigenvalue weighted by atomic mass is 10.1. The lowest BCUT2D eigenvalue weighted by Gasteiger charge is -2.13. The van der Waals surface area contributed by atoms with E-state index in [4.69, 9.17) is 23.2 Å². The molecular weight excluding hydrogens is 363 g/mol. The SMILES string of the molecule is Cc1ccc(NC(=O)CCN2C(=O)c3cccc(Cl)c3C2=O)cc1Cl. The maximum Gasteiger partial charge on any atom is 0.263 e. The van der Waals surface area contributed by atoms with Gasteiger partial charge in [-0.05, 0) is 36.8 Å². The maximum absolute atomic E-state index is 12.4. The first-order chi connectivity index (χ1) is 11.9. The van der Waals surface area contributed by atoms with Gasteiger partial charge in [-0.1, -0.05) is 35.3 Å². The Kier molecular flexibility index (Phi) is 4.79. The van der Waals surface area contributed by atoms with Crippen molar-refractivity contribution in [1.82, 2.24) is 4.90 Å². The minimum atomic E-state index is -0.475. The van der Waals surface area contributed by atoms with Gasteiger partial charge in [0.15, 0.2) is 0 Å². The minimum absolute atomic E-state index is 0.0193. The van der Waals surface area contributed by atoms with Gasteiger partial charge < -0.3 is 5.32 Å². The second kappa shape index (κ2) is 6.86. The molecule has 0 atom stereocenters. The largest absolute Gasteiger partial charge is 0.326 e. The van der Waals surface area contributed by atoms with Crippen LogP contribution in [-0.2, 0) is 4.79 Å². The molecule has 0 saturated heterocycles. The highest BCUT2D eigenvalue weighted by Crippen LogP contribution is 2.29. The van der Waals surface area contributed by atoms with Gasteiger partial charge in [0.1, 0.15) is 0 Å². The van der Waals surface area contributed by atoms with Crippen LogP contribution < -0.4 is 5.32 Å². The van der Waals surface area contributed by atoms with E-state index in [-0.39, 0.29) is 35.0 Å². The first kappa shape index (κ1) is 17.5. The molecule has 1 heterocycles. The predicted octanol–water partition coefficient (Wildman–Crippen LogP) is 3.93. The average molecular weight is 377 g/mol. The molecule has 0 spiro atoms. The molecule has 0 aromatic heterocycles. The Morgan fingerprint density at radius 1 is 1.08 bits per heavy atom. The molecule has 2 aromatic rings. The van der Waals surface area contributed by atoms with E-state index in [1.165, 1.54) is 0 Å². The zero-order chi connectivity index (χ0) is 18.1. The van der Waals surface area contributed by atoms with E-state index in [2.05, 4.69) is 5.32 Å². The molecule has 25 heavy (non-hydrogen) atoms. The summed E-state index contributed by atoms with van der Waals surface area (Å²) >= 11 is 12.0. The average Bonchev–Trinajstić information content (AvgIpc) is 2.81. The molecule has 0 bridgehead atoms. The van der Waals surface area contributed by atoms with E-state index in [0.29, 0.717) is 10.7 Å². The van der Waals surface area contributed by atoms with Crippen molar-refractivity contribution in [3.05, 3.63) is 63.1 Å². The van der Waals surface area contributed by atoms with Gasteiger partial charge in [-0.15, -0.1) is 0 Å². The zero-order valence-corrected chi connectivity index (χ0v) is 14.8. The number of fused-ring (bicyclic) bond motifs is 1. The Hall–Kier alpha value is -2.37. The molecule has 1 aliphatic heterocycles. The molecule has 1 aliphatic rings. The van der Waals surface area contributed by atoms with Crippen LogP contribution in [0, 0.1) is 6.92 Å². The number of nitrogens with one attached hydrogen (secondary N) is 1. The molecule has 0 saturated carbocycles. The predicted molar refractivity (Wildman–Crippen MR) is 96.3 cm³/mol. The van der Waals surface area contributed by atoms with Crippen molar-refractivity contribution < 1.29 is 14.4 Å². The summed E-state index contributed by atoms with van der Waals surface area (Å²) in [5.41, 5.74) is 1.93. The summed E-state index contributed by atoms with van der Waals surface area (Å²) in [6.45, 7) is 1.84. The van der Waals surface area contributed by atoms with Crippen LogP contribution in [0.1, 0.15) is 32.7 Å². The lowest BCUT2D eigenvalue weighted by Crippen LogP contribution is -2.32. The van der Waals surface area contributed by atoms with Crippen molar-refractivity contribution in [3.8, 4) is 0 Å². The molecule has 1 N–H and O–H groups in total. The van der Waals surface area contributed by atoms with Crippen molar-refractivity contribution in [1.29, 1.82) is 0 Å². The van der Waals surface area contributed by atoms with E-state index in [1.807, 2.05) is 6.92 Å². The molecule has 0 fully saturated rings. The second-order valence-electron chi connectivity index (χ2n) is 5.69. The molecule has 5 nitrogen and oxygen atoms in total. The van der Waals surface area contributed by atoms with Crippen LogP contribution in [0.4, 0.5) is 5.69 Å². The monoisotopic (exact) mass is 376 g/mol. The van der Waals surface area contributed by atoms with Gasteiger partial charge in [0.05, 0.1) is 16.1 Å². The number of hydrogen-bond acceptors (Lipinski definition) is 3. The van der Waals surface area contributed by atoms with Gasteiger partial charge in [-0.3, -0.25) is 19.3 Å². The van der Waals surface area contributed by atoms with Gasteiger partial charge in [0.25, 0.3) is 11.8 Å². The quantitative estimate of drug-likeness (QED) is 0.822. The number of hydrogen-bond donors (Lipinski definition) is 1. The molecule has 0 radical (unpaired) electrons. The summed E-state index contributed by atoms with van der Waals surface area (Å²) in [6.07, 6.45) is -0.0193. The third-order valence-corrected chi connectivity index (χ3v) is 4.69. The highest BCUT2D eigenvalue weighted by molar-refractivity contribution is 6.37. The number of imide groups is 1.